The van der Waals surface area contributed by atoms with Crippen LogP contribution in [0.25, 0.3) is 11.0 Å². The van der Waals surface area contributed by atoms with Gasteiger partial charge in [0.2, 0.25) is 15.9 Å². The van der Waals surface area contributed by atoms with Crippen molar-refractivity contribution < 1.29 is 13.2 Å². The maximum Gasteiger partial charge on any atom is 0.243 e. The third-order valence-corrected chi connectivity index (χ3v) is 8.83. The SMILES string of the molecule is CC1Cc2ccccc2N1C(=O)CCc1nc2cc(S(=O)(=O)N3CCCCC3)ccc2n1C. The molecule has 0 radical (unpaired) electrons. The summed E-state index contributed by atoms with van der Waals surface area (Å²) in [6.45, 7) is 3.24. The van der Waals surface area contributed by atoms with E-state index in [4.69, 9.17) is 4.98 Å². The number of fused-ring (bicyclic) bond motifs is 2. The molecule has 1 saturated heterocycles. The predicted molar refractivity (Wildman–Crippen MR) is 129 cm³/mol. The highest BCUT2D eigenvalue weighted by Gasteiger charge is 2.30. The van der Waals surface area contributed by atoms with Crippen molar-refractivity contribution in [3.05, 3.63) is 53.9 Å². The van der Waals surface area contributed by atoms with E-state index in [1.54, 1.807) is 16.4 Å². The molecule has 3 heterocycles. The number of sulfonamides is 1. The fourth-order valence-electron chi connectivity index (χ4n) is 5.15. The number of hydrogen-bond donors (Lipinski definition) is 0. The van der Waals surface area contributed by atoms with Gasteiger partial charge < -0.3 is 9.47 Å². The molecule has 1 fully saturated rings. The molecule has 1 unspecified atom stereocenters. The van der Waals surface area contributed by atoms with Gasteiger partial charge in [-0.05, 0) is 56.0 Å². The van der Waals surface area contributed by atoms with Crippen molar-refractivity contribution in [2.75, 3.05) is 18.0 Å². The van der Waals surface area contributed by atoms with Crippen LogP contribution < -0.4 is 4.90 Å². The topological polar surface area (TPSA) is 75.5 Å². The molecule has 0 bridgehead atoms. The van der Waals surface area contributed by atoms with Crippen molar-refractivity contribution in [1.82, 2.24) is 13.9 Å². The zero-order valence-electron chi connectivity index (χ0n) is 19.2. The molecule has 0 spiro atoms. The highest BCUT2D eigenvalue weighted by Crippen LogP contribution is 2.32. The molecule has 0 N–H and O–H groups in total. The lowest BCUT2D eigenvalue weighted by Crippen LogP contribution is -2.35. The van der Waals surface area contributed by atoms with Gasteiger partial charge in [-0.25, -0.2) is 13.4 Å². The number of benzene rings is 2. The lowest BCUT2D eigenvalue weighted by molar-refractivity contribution is -0.118. The molecule has 1 atom stereocenters. The van der Waals surface area contributed by atoms with Gasteiger partial charge in [-0.15, -0.1) is 0 Å². The molecule has 8 heteroatoms. The van der Waals surface area contributed by atoms with Crippen LogP contribution in [0.3, 0.4) is 0 Å². The summed E-state index contributed by atoms with van der Waals surface area (Å²) in [6.07, 6.45) is 4.63. The zero-order valence-corrected chi connectivity index (χ0v) is 20.0. The van der Waals surface area contributed by atoms with Crippen LogP contribution in [0, 0.1) is 0 Å². The first-order chi connectivity index (χ1) is 15.9. The molecular weight excluding hydrogens is 436 g/mol. The normalized spacial score (nSPS) is 19.2. The number of rotatable bonds is 5. The van der Waals surface area contributed by atoms with Gasteiger partial charge in [0, 0.05) is 44.7 Å². The monoisotopic (exact) mass is 466 g/mol. The van der Waals surface area contributed by atoms with Gasteiger partial charge in [0.25, 0.3) is 0 Å². The number of aryl methyl sites for hydroxylation is 2. The van der Waals surface area contributed by atoms with Gasteiger partial charge in [0.05, 0.1) is 15.9 Å². The summed E-state index contributed by atoms with van der Waals surface area (Å²) in [5, 5.41) is 0. The van der Waals surface area contributed by atoms with E-state index in [0.717, 1.165) is 42.7 Å². The summed E-state index contributed by atoms with van der Waals surface area (Å²) in [6, 6.07) is 13.4. The van der Waals surface area contributed by atoms with Gasteiger partial charge >= 0.3 is 0 Å². The average Bonchev–Trinajstić information content (AvgIpc) is 3.33. The molecule has 174 valence electrons. The second kappa shape index (κ2) is 8.57. The molecule has 1 aromatic heterocycles. The molecule has 2 aliphatic rings. The maximum atomic E-state index is 13.1. The fraction of sp³-hybridized carbons (Fsp3) is 0.440. The molecule has 2 aliphatic heterocycles. The number of amides is 1. The van der Waals surface area contributed by atoms with Crippen molar-refractivity contribution in [3.63, 3.8) is 0 Å². The first-order valence-corrected chi connectivity index (χ1v) is 13.2. The van der Waals surface area contributed by atoms with E-state index in [1.165, 1.54) is 5.56 Å². The Balaban J connectivity index is 1.35. The summed E-state index contributed by atoms with van der Waals surface area (Å²) >= 11 is 0. The van der Waals surface area contributed by atoms with Crippen molar-refractivity contribution in [3.8, 4) is 0 Å². The van der Waals surface area contributed by atoms with Crippen molar-refractivity contribution >= 4 is 32.7 Å². The van der Waals surface area contributed by atoms with E-state index in [0.29, 0.717) is 36.3 Å². The van der Waals surface area contributed by atoms with Gasteiger partial charge in [-0.1, -0.05) is 24.6 Å². The van der Waals surface area contributed by atoms with Gasteiger partial charge in [-0.3, -0.25) is 4.79 Å². The van der Waals surface area contributed by atoms with E-state index in [-0.39, 0.29) is 11.9 Å². The number of hydrogen-bond acceptors (Lipinski definition) is 4. The number of imidazole rings is 1. The van der Waals surface area contributed by atoms with E-state index in [2.05, 4.69) is 13.0 Å². The van der Waals surface area contributed by atoms with E-state index in [9.17, 15) is 13.2 Å². The average molecular weight is 467 g/mol. The quantitative estimate of drug-likeness (QED) is 0.575. The van der Waals surface area contributed by atoms with Crippen LogP contribution in [0.2, 0.25) is 0 Å². The Morgan fingerprint density at radius 3 is 2.64 bits per heavy atom. The first kappa shape index (κ1) is 22.1. The number of para-hydroxylation sites is 1. The van der Waals surface area contributed by atoms with Crippen LogP contribution in [0.5, 0.6) is 0 Å². The Morgan fingerprint density at radius 1 is 1.09 bits per heavy atom. The number of anilines is 1. The minimum atomic E-state index is -3.51. The number of carbonyl (C=O) groups is 1. The van der Waals surface area contributed by atoms with Gasteiger partial charge in [-0.2, -0.15) is 4.31 Å². The van der Waals surface area contributed by atoms with Crippen molar-refractivity contribution in [1.29, 1.82) is 0 Å². The molecule has 33 heavy (non-hydrogen) atoms. The smallest absolute Gasteiger partial charge is 0.243 e. The van der Waals surface area contributed by atoms with Crippen LogP contribution in [0.1, 0.15) is 44.0 Å². The number of nitrogens with zero attached hydrogens (tertiary/aromatic N) is 4. The predicted octanol–water partition coefficient (Wildman–Crippen LogP) is 3.66. The molecule has 5 rings (SSSR count). The molecule has 0 saturated carbocycles. The van der Waals surface area contributed by atoms with E-state index >= 15 is 0 Å². The van der Waals surface area contributed by atoms with E-state index < -0.39 is 10.0 Å². The third-order valence-electron chi connectivity index (χ3n) is 6.94. The number of piperidine rings is 1. The Hall–Kier alpha value is -2.71. The summed E-state index contributed by atoms with van der Waals surface area (Å²) in [4.78, 5) is 20.0. The lowest BCUT2D eigenvalue weighted by atomic mass is 10.1. The van der Waals surface area contributed by atoms with Crippen molar-refractivity contribution in [2.45, 2.75) is 56.4 Å². The Morgan fingerprint density at radius 2 is 1.85 bits per heavy atom. The first-order valence-electron chi connectivity index (χ1n) is 11.7. The summed E-state index contributed by atoms with van der Waals surface area (Å²) < 4.78 is 29.7. The largest absolute Gasteiger partial charge is 0.331 e. The minimum absolute atomic E-state index is 0.0906. The standard InChI is InChI=1S/C25H30N4O3S/c1-18-16-19-8-4-5-9-22(19)29(18)25(30)13-12-24-26-21-17-20(10-11-23(21)27(24)2)33(31,32)28-14-6-3-7-15-28/h4-5,8-11,17-18H,3,6-7,12-16H2,1-2H3. The van der Waals surface area contributed by atoms with Crippen molar-refractivity contribution in [2.24, 2.45) is 7.05 Å². The Bertz CT molecular complexity index is 1310. The second-order valence-corrected chi connectivity index (χ2v) is 11.1. The minimum Gasteiger partial charge on any atom is -0.331 e. The van der Waals surface area contributed by atoms with Crippen LogP contribution in [0.4, 0.5) is 5.69 Å². The summed E-state index contributed by atoms with van der Waals surface area (Å²) in [5.41, 5.74) is 3.74. The van der Waals surface area contributed by atoms with Crippen LogP contribution in [-0.4, -0.2) is 47.3 Å². The van der Waals surface area contributed by atoms with E-state index in [1.807, 2.05) is 40.8 Å². The molecule has 1 amide bonds. The Kier molecular flexibility index (Phi) is 5.74. The number of carbonyl (C=O) groups excluding carboxylic acids is 1. The maximum absolute atomic E-state index is 13.1. The van der Waals surface area contributed by atoms with Gasteiger partial charge in [0.1, 0.15) is 5.82 Å². The second-order valence-electron chi connectivity index (χ2n) is 9.15. The molecule has 7 nitrogen and oxygen atoms in total. The summed E-state index contributed by atoms with van der Waals surface area (Å²) in [7, 11) is -1.59. The highest BCUT2D eigenvalue weighted by atomic mass is 32.2. The summed E-state index contributed by atoms with van der Waals surface area (Å²) in [5.74, 6) is 0.874. The van der Waals surface area contributed by atoms with Gasteiger partial charge in [0.15, 0.2) is 0 Å². The van der Waals surface area contributed by atoms with Crippen LogP contribution in [0.15, 0.2) is 47.4 Å². The molecule has 2 aromatic carbocycles. The van der Waals surface area contributed by atoms with Crippen LogP contribution >= 0.6 is 0 Å². The Labute approximate surface area is 195 Å². The number of aromatic nitrogens is 2. The highest BCUT2D eigenvalue weighted by molar-refractivity contribution is 7.89. The molecule has 0 aliphatic carbocycles. The van der Waals surface area contributed by atoms with Crippen LogP contribution in [-0.2, 0) is 34.7 Å². The molecular formula is C25H30N4O3S. The fourth-order valence-corrected chi connectivity index (χ4v) is 6.69. The molecule has 3 aromatic rings. The third kappa shape index (κ3) is 3.95. The zero-order chi connectivity index (χ0) is 23.2. The lowest BCUT2D eigenvalue weighted by Gasteiger charge is -2.25.